The summed E-state index contributed by atoms with van der Waals surface area (Å²) >= 11 is 0. The smallest absolute Gasteiger partial charge is 0.279 e. The summed E-state index contributed by atoms with van der Waals surface area (Å²) in [5.41, 5.74) is 6.47. The van der Waals surface area contributed by atoms with Gasteiger partial charge in [0, 0.05) is 20.1 Å². The molecule has 0 bridgehead atoms. The Kier molecular flexibility index (Phi) is 6.28. The van der Waals surface area contributed by atoms with Gasteiger partial charge in [0.05, 0.1) is 0 Å². The number of hydrogen-bond donors (Lipinski definition) is 2. The van der Waals surface area contributed by atoms with Crippen LogP contribution in [0.2, 0.25) is 0 Å². The number of nitrogens with zero attached hydrogens (tertiary/aromatic N) is 1. The first-order chi connectivity index (χ1) is 8.56. The third-order valence-electron chi connectivity index (χ3n) is 2.63. The fourth-order valence-electron chi connectivity index (χ4n) is 1.51. The zero-order valence-electron chi connectivity index (χ0n) is 10.7. The van der Waals surface area contributed by atoms with Crippen LogP contribution >= 0.6 is 0 Å². The van der Waals surface area contributed by atoms with Crippen molar-refractivity contribution in [2.75, 3.05) is 26.7 Å². The quantitative estimate of drug-likeness (QED) is 0.716. The summed E-state index contributed by atoms with van der Waals surface area (Å²) in [4.78, 5) is 0. The average Bonchev–Trinajstić information content (AvgIpc) is 2.37. The van der Waals surface area contributed by atoms with Crippen LogP contribution in [0.4, 0.5) is 0 Å². The fourth-order valence-corrected chi connectivity index (χ4v) is 2.46. The summed E-state index contributed by atoms with van der Waals surface area (Å²) in [5.74, 6) is 0. The van der Waals surface area contributed by atoms with E-state index < -0.39 is 10.2 Å². The molecule has 0 aliphatic carbocycles. The van der Waals surface area contributed by atoms with Crippen LogP contribution in [-0.2, 0) is 16.6 Å². The monoisotopic (exact) mass is 271 g/mol. The molecular weight excluding hydrogens is 250 g/mol. The van der Waals surface area contributed by atoms with E-state index in [1.807, 2.05) is 30.3 Å². The van der Waals surface area contributed by atoms with Crippen molar-refractivity contribution in [2.45, 2.75) is 12.8 Å². The third-order valence-corrected chi connectivity index (χ3v) is 4.20. The molecule has 0 saturated carbocycles. The van der Waals surface area contributed by atoms with Gasteiger partial charge in [-0.1, -0.05) is 30.3 Å². The van der Waals surface area contributed by atoms with Crippen LogP contribution in [0.5, 0.6) is 0 Å². The van der Waals surface area contributed by atoms with Crippen LogP contribution in [0.1, 0.15) is 12.0 Å². The zero-order chi connectivity index (χ0) is 13.4. The van der Waals surface area contributed by atoms with Gasteiger partial charge in [0.15, 0.2) is 0 Å². The van der Waals surface area contributed by atoms with E-state index in [-0.39, 0.29) is 0 Å². The number of rotatable bonds is 8. The Hall–Kier alpha value is -0.950. The second-order valence-electron chi connectivity index (χ2n) is 4.10. The lowest BCUT2D eigenvalue weighted by molar-refractivity contribution is 0.453. The standard InChI is InChI=1S/C12H21N3O2S/c1-15(11-5-9-13)18(16,17)14-10-8-12-6-3-2-4-7-12/h2-4,6-7,14H,5,8-11,13H2,1H3. The summed E-state index contributed by atoms with van der Waals surface area (Å²) in [6, 6.07) is 9.78. The Morgan fingerprint density at radius 3 is 2.56 bits per heavy atom. The van der Waals surface area contributed by atoms with Gasteiger partial charge in [-0.15, -0.1) is 0 Å². The van der Waals surface area contributed by atoms with Gasteiger partial charge in [-0.3, -0.25) is 0 Å². The van der Waals surface area contributed by atoms with Gasteiger partial charge in [-0.2, -0.15) is 12.7 Å². The van der Waals surface area contributed by atoms with Gasteiger partial charge in [-0.05, 0) is 24.9 Å². The van der Waals surface area contributed by atoms with Crippen molar-refractivity contribution in [1.29, 1.82) is 0 Å². The van der Waals surface area contributed by atoms with E-state index in [4.69, 9.17) is 5.73 Å². The van der Waals surface area contributed by atoms with E-state index >= 15 is 0 Å². The molecule has 5 nitrogen and oxygen atoms in total. The van der Waals surface area contributed by atoms with Crippen LogP contribution in [0, 0.1) is 0 Å². The molecule has 1 aromatic carbocycles. The van der Waals surface area contributed by atoms with E-state index in [0.29, 0.717) is 32.5 Å². The highest BCUT2D eigenvalue weighted by Crippen LogP contribution is 2.00. The molecule has 0 spiro atoms. The molecule has 0 radical (unpaired) electrons. The van der Waals surface area contributed by atoms with Gasteiger partial charge >= 0.3 is 0 Å². The lowest BCUT2D eigenvalue weighted by atomic mass is 10.2. The van der Waals surface area contributed by atoms with Crippen molar-refractivity contribution < 1.29 is 8.42 Å². The van der Waals surface area contributed by atoms with Crippen molar-refractivity contribution in [1.82, 2.24) is 9.03 Å². The van der Waals surface area contributed by atoms with E-state index in [1.54, 1.807) is 7.05 Å². The van der Waals surface area contributed by atoms with E-state index in [2.05, 4.69) is 4.72 Å². The van der Waals surface area contributed by atoms with Crippen molar-refractivity contribution >= 4 is 10.2 Å². The van der Waals surface area contributed by atoms with Crippen LogP contribution < -0.4 is 10.5 Å². The Labute approximate surface area is 109 Å². The Bertz CT molecular complexity index is 434. The van der Waals surface area contributed by atoms with Gasteiger partial charge in [0.25, 0.3) is 10.2 Å². The highest BCUT2D eigenvalue weighted by molar-refractivity contribution is 7.87. The Balaban J connectivity index is 2.38. The van der Waals surface area contributed by atoms with E-state index in [9.17, 15) is 8.42 Å². The highest BCUT2D eigenvalue weighted by atomic mass is 32.2. The number of hydrogen-bond acceptors (Lipinski definition) is 3. The minimum atomic E-state index is -3.37. The summed E-state index contributed by atoms with van der Waals surface area (Å²) in [6.07, 6.45) is 1.35. The van der Waals surface area contributed by atoms with Crippen LogP contribution in [0.25, 0.3) is 0 Å². The molecule has 0 aliphatic rings. The molecule has 0 atom stereocenters. The molecule has 0 aromatic heterocycles. The lowest BCUT2D eigenvalue weighted by Gasteiger charge is -2.17. The molecular formula is C12H21N3O2S. The molecule has 0 fully saturated rings. The van der Waals surface area contributed by atoms with Gasteiger partial charge in [0.2, 0.25) is 0 Å². The van der Waals surface area contributed by atoms with Crippen molar-refractivity contribution in [2.24, 2.45) is 5.73 Å². The Morgan fingerprint density at radius 2 is 1.94 bits per heavy atom. The predicted octanol–water partition coefficient (Wildman–Crippen LogP) is 0.344. The zero-order valence-corrected chi connectivity index (χ0v) is 11.5. The predicted molar refractivity (Wildman–Crippen MR) is 73.4 cm³/mol. The molecule has 0 amide bonds. The maximum Gasteiger partial charge on any atom is 0.279 e. The summed E-state index contributed by atoms with van der Waals surface area (Å²) in [5, 5.41) is 0. The van der Waals surface area contributed by atoms with Crippen LogP contribution in [0.3, 0.4) is 0 Å². The third kappa shape index (κ3) is 5.14. The first kappa shape index (κ1) is 15.1. The van der Waals surface area contributed by atoms with Crippen molar-refractivity contribution in [3.8, 4) is 0 Å². The average molecular weight is 271 g/mol. The second-order valence-corrected chi connectivity index (χ2v) is 5.96. The molecule has 18 heavy (non-hydrogen) atoms. The van der Waals surface area contributed by atoms with E-state index in [0.717, 1.165) is 5.56 Å². The number of nitrogens with one attached hydrogen (secondary N) is 1. The minimum absolute atomic E-state index is 0.402. The topological polar surface area (TPSA) is 75.4 Å². The van der Waals surface area contributed by atoms with E-state index in [1.165, 1.54) is 4.31 Å². The molecule has 6 heteroatoms. The molecule has 0 aliphatic heterocycles. The number of nitrogens with two attached hydrogens (primary N) is 1. The molecule has 1 rings (SSSR count). The second kappa shape index (κ2) is 7.48. The maximum absolute atomic E-state index is 11.8. The van der Waals surface area contributed by atoms with Crippen LogP contribution in [0.15, 0.2) is 30.3 Å². The Morgan fingerprint density at radius 1 is 1.28 bits per heavy atom. The summed E-state index contributed by atoms with van der Waals surface area (Å²) in [6.45, 7) is 1.33. The minimum Gasteiger partial charge on any atom is -0.330 e. The SMILES string of the molecule is CN(CCCN)S(=O)(=O)NCCc1ccccc1. The first-order valence-electron chi connectivity index (χ1n) is 6.01. The van der Waals surface area contributed by atoms with Crippen molar-refractivity contribution in [3.05, 3.63) is 35.9 Å². The maximum atomic E-state index is 11.8. The molecule has 102 valence electrons. The molecule has 0 unspecified atom stereocenters. The molecule has 3 N–H and O–H groups in total. The highest BCUT2D eigenvalue weighted by Gasteiger charge is 2.15. The van der Waals surface area contributed by atoms with Gasteiger partial charge in [0.1, 0.15) is 0 Å². The summed E-state index contributed by atoms with van der Waals surface area (Å²) < 4.78 is 27.5. The van der Waals surface area contributed by atoms with Gasteiger partial charge in [-0.25, -0.2) is 4.72 Å². The lowest BCUT2D eigenvalue weighted by Crippen LogP contribution is -2.40. The molecule has 0 heterocycles. The van der Waals surface area contributed by atoms with Crippen molar-refractivity contribution in [3.63, 3.8) is 0 Å². The largest absolute Gasteiger partial charge is 0.330 e. The number of benzene rings is 1. The van der Waals surface area contributed by atoms with Gasteiger partial charge < -0.3 is 5.73 Å². The molecule has 0 saturated heterocycles. The summed E-state index contributed by atoms with van der Waals surface area (Å²) in [7, 11) is -1.82. The van der Waals surface area contributed by atoms with Crippen LogP contribution in [-0.4, -0.2) is 39.4 Å². The first-order valence-corrected chi connectivity index (χ1v) is 7.45. The molecule has 1 aromatic rings. The fraction of sp³-hybridized carbons (Fsp3) is 0.500. The normalized spacial score (nSPS) is 11.9.